The van der Waals surface area contributed by atoms with E-state index >= 15 is 0 Å². The molecular formula is C9H9N3O. The summed E-state index contributed by atoms with van der Waals surface area (Å²) >= 11 is 0. The number of likely N-dealkylation sites (tertiary alicyclic amines) is 1. The van der Waals surface area contributed by atoms with Gasteiger partial charge in [0.2, 0.25) is 5.91 Å². The van der Waals surface area contributed by atoms with Crippen LogP contribution in [-0.4, -0.2) is 17.4 Å². The van der Waals surface area contributed by atoms with Gasteiger partial charge in [-0.25, -0.2) is 0 Å². The second kappa shape index (κ2) is 3.73. The highest BCUT2D eigenvalue weighted by molar-refractivity contribution is 5.76. The molecule has 13 heavy (non-hydrogen) atoms. The van der Waals surface area contributed by atoms with Gasteiger partial charge in [0.05, 0.1) is 0 Å². The summed E-state index contributed by atoms with van der Waals surface area (Å²) in [7, 11) is 0. The third kappa shape index (κ3) is 1.68. The molecule has 66 valence electrons. The first-order valence-electron chi connectivity index (χ1n) is 4.02. The molecule has 0 saturated carbocycles. The van der Waals surface area contributed by atoms with Crippen molar-refractivity contribution in [3.05, 3.63) is 11.3 Å². The summed E-state index contributed by atoms with van der Waals surface area (Å²) in [6.07, 6.45) is 1.48. The maximum atomic E-state index is 11.1. The normalized spacial score (nSPS) is 15.0. The lowest BCUT2D eigenvalue weighted by molar-refractivity contribution is -0.126. The molecule has 1 fully saturated rings. The zero-order chi connectivity index (χ0) is 9.84. The maximum absolute atomic E-state index is 11.1. The minimum atomic E-state index is -0.101. The molecule has 1 aliphatic heterocycles. The van der Waals surface area contributed by atoms with Crippen molar-refractivity contribution in [3.8, 4) is 12.1 Å². The molecule has 0 aliphatic carbocycles. The maximum Gasteiger partial charge on any atom is 0.223 e. The molecule has 1 saturated heterocycles. The average Bonchev–Trinajstić information content (AvgIpc) is 2.55. The highest BCUT2D eigenvalue weighted by Crippen LogP contribution is 2.23. The Kier molecular flexibility index (Phi) is 2.66. The van der Waals surface area contributed by atoms with Gasteiger partial charge in [-0.1, -0.05) is 0 Å². The predicted molar refractivity (Wildman–Crippen MR) is 44.9 cm³/mol. The number of nitriles is 2. The van der Waals surface area contributed by atoms with Crippen molar-refractivity contribution in [2.24, 2.45) is 0 Å². The Bertz CT molecular complexity index is 327. The van der Waals surface area contributed by atoms with E-state index in [2.05, 4.69) is 0 Å². The van der Waals surface area contributed by atoms with Gasteiger partial charge >= 0.3 is 0 Å². The standard InChI is InChI=1S/C9H9N3O/c1-7(13)12-4-2-3-9(12)8(5-10)6-11/h2-4H2,1H3. The highest BCUT2D eigenvalue weighted by Gasteiger charge is 2.23. The van der Waals surface area contributed by atoms with Crippen LogP contribution in [0, 0.1) is 22.7 Å². The summed E-state index contributed by atoms with van der Waals surface area (Å²) < 4.78 is 0. The first-order valence-corrected chi connectivity index (χ1v) is 4.02. The van der Waals surface area contributed by atoms with E-state index in [4.69, 9.17) is 10.5 Å². The Morgan fingerprint density at radius 1 is 1.46 bits per heavy atom. The minimum Gasteiger partial charge on any atom is -0.314 e. The van der Waals surface area contributed by atoms with E-state index < -0.39 is 0 Å². The van der Waals surface area contributed by atoms with Crippen LogP contribution in [0.1, 0.15) is 19.8 Å². The Morgan fingerprint density at radius 3 is 2.54 bits per heavy atom. The molecule has 0 atom stereocenters. The van der Waals surface area contributed by atoms with Crippen LogP contribution in [0.15, 0.2) is 11.3 Å². The van der Waals surface area contributed by atoms with Crippen molar-refractivity contribution in [3.63, 3.8) is 0 Å². The van der Waals surface area contributed by atoms with E-state index in [1.807, 2.05) is 0 Å². The van der Waals surface area contributed by atoms with Crippen LogP contribution >= 0.6 is 0 Å². The molecule has 0 aromatic rings. The first-order chi connectivity index (χ1) is 6.20. The number of hydrogen-bond donors (Lipinski definition) is 0. The number of nitrogens with zero attached hydrogens (tertiary/aromatic N) is 3. The molecule has 0 N–H and O–H groups in total. The van der Waals surface area contributed by atoms with Crippen LogP contribution in [0.4, 0.5) is 0 Å². The van der Waals surface area contributed by atoms with Crippen molar-refractivity contribution in [2.45, 2.75) is 19.8 Å². The monoisotopic (exact) mass is 175 g/mol. The number of hydrogen-bond acceptors (Lipinski definition) is 3. The van der Waals surface area contributed by atoms with Crippen molar-refractivity contribution in [1.82, 2.24) is 4.90 Å². The molecule has 1 amide bonds. The zero-order valence-corrected chi connectivity index (χ0v) is 7.37. The Labute approximate surface area is 76.7 Å². The van der Waals surface area contributed by atoms with Crippen LogP contribution in [0.2, 0.25) is 0 Å². The van der Waals surface area contributed by atoms with Gasteiger partial charge in [0.25, 0.3) is 0 Å². The summed E-state index contributed by atoms with van der Waals surface area (Å²) in [5.74, 6) is -0.101. The zero-order valence-electron chi connectivity index (χ0n) is 7.37. The summed E-state index contributed by atoms with van der Waals surface area (Å²) in [4.78, 5) is 12.6. The average molecular weight is 175 g/mol. The third-order valence-electron chi connectivity index (χ3n) is 2.01. The van der Waals surface area contributed by atoms with E-state index in [-0.39, 0.29) is 11.5 Å². The van der Waals surface area contributed by atoms with Crippen LogP contribution < -0.4 is 0 Å². The summed E-state index contributed by atoms with van der Waals surface area (Å²) in [6.45, 7) is 2.06. The summed E-state index contributed by atoms with van der Waals surface area (Å²) in [6, 6.07) is 3.61. The van der Waals surface area contributed by atoms with Gasteiger partial charge < -0.3 is 4.90 Å². The lowest BCUT2D eigenvalue weighted by Gasteiger charge is -2.14. The number of allylic oxidation sites excluding steroid dienone is 2. The topological polar surface area (TPSA) is 67.9 Å². The Balaban J connectivity index is 3.06. The van der Waals surface area contributed by atoms with E-state index in [1.165, 1.54) is 11.8 Å². The number of carbonyl (C=O) groups is 1. The molecular weight excluding hydrogens is 166 g/mol. The Morgan fingerprint density at radius 2 is 2.08 bits per heavy atom. The fraction of sp³-hybridized carbons (Fsp3) is 0.444. The molecule has 4 nitrogen and oxygen atoms in total. The minimum absolute atomic E-state index is 0.0627. The Hall–Kier alpha value is -1.81. The molecule has 0 aromatic carbocycles. The van der Waals surface area contributed by atoms with Crippen molar-refractivity contribution < 1.29 is 4.79 Å². The largest absolute Gasteiger partial charge is 0.314 e. The third-order valence-corrected chi connectivity index (χ3v) is 2.01. The molecule has 0 radical (unpaired) electrons. The van der Waals surface area contributed by atoms with Crippen LogP contribution in [0.3, 0.4) is 0 Å². The van der Waals surface area contributed by atoms with Crippen LogP contribution in [0.25, 0.3) is 0 Å². The number of amides is 1. The van der Waals surface area contributed by atoms with Gasteiger partial charge in [0.1, 0.15) is 17.7 Å². The lowest BCUT2D eigenvalue weighted by Crippen LogP contribution is -2.24. The van der Waals surface area contributed by atoms with Gasteiger partial charge in [0, 0.05) is 19.2 Å². The molecule has 4 heteroatoms. The van der Waals surface area contributed by atoms with Gasteiger partial charge in [-0.05, 0) is 12.8 Å². The smallest absolute Gasteiger partial charge is 0.223 e. The fourth-order valence-electron chi connectivity index (χ4n) is 1.44. The van der Waals surface area contributed by atoms with Crippen LogP contribution in [0.5, 0.6) is 0 Å². The second-order valence-electron chi connectivity index (χ2n) is 2.82. The highest BCUT2D eigenvalue weighted by atomic mass is 16.2. The quantitative estimate of drug-likeness (QED) is 0.514. The predicted octanol–water partition coefficient (Wildman–Crippen LogP) is 0.930. The SMILES string of the molecule is CC(=O)N1CCCC1=C(C#N)C#N. The number of rotatable bonds is 0. The van der Waals surface area contributed by atoms with Gasteiger partial charge in [-0.3, -0.25) is 4.79 Å². The van der Waals surface area contributed by atoms with Crippen molar-refractivity contribution in [2.75, 3.05) is 6.54 Å². The second-order valence-corrected chi connectivity index (χ2v) is 2.82. The van der Waals surface area contributed by atoms with Crippen LogP contribution in [-0.2, 0) is 4.79 Å². The van der Waals surface area contributed by atoms with Gasteiger partial charge in [0.15, 0.2) is 0 Å². The van der Waals surface area contributed by atoms with E-state index in [0.717, 1.165) is 6.42 Å². The molecule has 0 aromatic heterocycles. The molecule has 1 aliphatic rings. The molecule has 1 rings (SSSR count). The first kappa shape index (κ1) is 9.28. The lowest BCUT2D eigenvalue weighted by atomic mass is 10.2. The molecule has 1 heterocycles. The molecule has 0 spiro atoms. The fourth-order valence-corrected chi connectivity index (χ4v) is 1.44. The van der Waals surface area contributed by atoms with E-state index in [0.29, 0.717) is 18.7 Å². The van der Waals surface area contributed by atoms with E-state index in [9.17, 15) is 4.79 Å². The molecule has 0 unspecified atom stereocenters. The summed E-state index contributed by atoms with van der Waals surface area (Å²) in [5.41, 5.74) is 0.644. The summed E-state index contributed by atoms with van der Waals surface area (Å²) in [5, 5.41) is 17.2. The number of carbonyl (C=O) groups excluding carboxylic acids is 1. The van der Waals surface area contributed by atoms with Gasteiger partial charge in [-0.15, -0.1) is 0 Å². The molecule has 0 bridgehead atoms. The van der Waals surface area contributed by atoms with E-state index in [1.54, 1.807) is 12.1 Å². The van der Waals surface area contributed by atoms with Gasteiger partial charge in [-0.2, -0.15) is 10.5 Å². The van der Waals surface area contributed by atoms with Crippen molar-refractivity contribution >= 4 is 5.91 Å². The van der Waals surface area contributed by atoms with Crippen molar-refractivity contribution in [1.29, 1.82) is 10.5 Å².